The van der Waals surface area contributed by atoms with Crippen LogP contribution >= 0.6 is 0 Å². The van der Waals surface area contributed by atoms with E-state index >= 15 is 0 Å². The van der Waals surface area contributed by atoms with Crippen molar-refractivity contribution in [3.63, 3.8) is 0 Å². The van der Waals surface area contributed by atoms with Gasteiger partial charge in [-0.2, -0.15) is 0 Å². The largest absolute Gasteiger partial charge is 0.492 e. The van der Waals surface area contributed by atoms with Crippen LogP contribution in [-0.4, -0.2) is 17.8 Å². The lowest BCUT2D eigenvalue weighted by molar-refractivity contribution is -0.384. The number of carbonyl (C=O) groups excluding carboxylic acids is 1. The molecule has 21 heavy (non-hydrogen) atoms. The Balaban J connectivity index is 1.95. The number of benzene rings is 2. The van der Waals surface area contributed by atoms with E-state index < -0.39 is 10.7 Å². The number of nitro groups is 1. The minimum absolute atomic E-state index is 0.0291. The quantitative estimate of drug-likeness (QED) is 0.465. The monoisotopic (exact) mass is 289 g/mol. The molecule has 0 unspecified atom stereocenters. The van der Waals surface area contributed by atoms with Gasteiger partial charge in [-0.1, -0.05) is 12.1 Å². The molecule has 0 spiro atoms. The predicted octanol–water partition coefficient (Wildman–Crippen LogP) is 3.17. The molecule has 0 aromatic heterocycles. The average Bonchev–Trinajstić information content (AvgIpc) is 2.49. The van der Waals surface area contributed by atoms with Crippen molar-refractivity contribution in [2.45, 2.75) is 6.42 Å². The van der Waals surface area contributed by atoms with Crippen LogP contribution in [-0.2, 0) is 6.42 Å². The van der Waals surface area contributed by atoms with E-state index in [0.717, 1.165) is 11.6 Å². The standard InChI is InChI=1S/C15H12FNO4/c16-13-3-6-15(12(9-13)10-18)21-8-7-11-1-4-14(5-2-11)17(19)20/h1-6,9-10H,7-8H2. The Morgan fingerprint density at radius 3 is 2.52 bits per heavy atom. The van der Waals surface area contributed by atoms with E-state index in [1.54, 1.807) is 12.1 Å². The smallest absolute Gasteiger partial charge is 0.269 e. The third-order valence-electron chi connectivity index (χ3n) is 2.89. The number of halogens is 1. The minimum atomic E-state index is -0.500. The highest BCUT2D eigenvalue weighted by Crippen LogP contribution is 2.18. The van der Waals surface area contributed by atoms with Crippen LogP contribution in [0.3, 0.4) is 0 Å². The molecule has 0 fully saturated rings. The number of ether oxygens (including phenoxy) is 1. The lowest BCUT2D eigenvalue weighted by Crippen LogP contribution is -2.03. The highest BCUT2D eigenvalue weighted by molar-refractivity contribution is 5.79. The summed E-state index contributed by atoms with van der Waals surface area (Å²) in [6.07, 6.45) is 1.05. The minimum Gasteiger partial charge on any atom is -0.492 e. The van der Waals surface area contributed by atoms with Crippen molar-refractivity contribution in [2.24, 2.45) is 0 Å². The summed E-state index contributed by atoms with van der Waals surface area (Å²) in [6.45, 7) is 0.282. The second-order valence-corrected chi connectivity index (χ2v) is 4.32. The van der Waals surface area contributed by atoms with Gasteiger partial charge in [-0.3, -0.25) is 14.9 Å². The molecule has 0 atom stereocenters. The van der Waals surface area contributed by atoms with Crippen LogP contribution < -0.4 is 4.74 Å². The van der Waals surface area contributed by atoms with Gasteiger partial charge in [0, 0.05) is 18.6 Å². The van der Waals surface area contributed by atoms with E-state index in [9.17, 15) is 19.3 Å². The summed E-state index contributed by atoms with van der Waals surface area (Å²) < 4.78 is 18.4. The highest BCUT2D eigenvalue weighted by atomic mass is 19.1. The summed E-state index contributed by atoms with van der Waals surface area (Å²) in [5.41, 5.74) is 1.05. The number of hydrogen-bond donors (Lipinski definition) is 0. The maximum Gasteiger partial charge on any atom is 0.269 e. The van der Waals surface area contributed by atoms with Gasteiger partial charge < -0.3 is 4.74 Å². The topological polar surface area (TPSA) is 69.4 Å². The molecule has 0 amide bonds. The van der Waals surface area contributed by atoms with Gasteiger partial charge in [-0.25, -0.2) is 4.39 Å². The van der Waals surface area contributed by atoms with Crippen molar-refractivity contribution in [1.29, 1.82) is 0 Å². The molecule has 108 valence electrons. The molecular weight excluding hydrogens is 277 g/mol. The van der Waals surface area contributed by atoms with E-state index in [4.69, 9.17) is 4.74 Å². The Bertz CT molecular complexity index is 655. The average molecular weight is 289 g/mol. The van der Waals surface area contributed by atoms with Crippen LogP contribution in [0.1, 0.15) is 15.9 Å². The summed E-state index contributed by atoms with van der Waals surface area (Å²) in [7, 11) is 0. The number of rotatable bonds is 6. The summed E-state index contributed by atoms with van der Waals surface area (Å²) in [4.78, 5) is 20.9. The fourth-order valence-corrected chi connectivity index (χ4v) is 1.81. The van der Waals surface area contributed by atoms with Crippen LogP contribution in [0.5, 0.6) is 5.75 Å². The first-order chi connectivity index (χ1) is 10.1. The maximum atomic E-state index is 13.0. The van der Waals surface area contributed by atoms with E-state index in [2.05, 4.69) is 0 Å². The lowest BCUT2D eigenvalue weighted by atomic mass is 10.1. The molecule has 2 aromatic rings. The Morgan fingerprint density at radius 1 is 1.19 bits per heavy atom. The molecule has 0 heterocycles. The molecule has 0 bridgehead atoms. The summed E-state index contributed by atoms with van der Waals surface area (Å²) in [5.74, 6) is -0.187. The van der Waals surface area contributed by atoms with Gasteiger partial charge >= 0.3 is 0 Å². The van der Waals surface area contributed by atoms with Gasteiger partial charge in [-0.05, 0) is 23.8 Å². The molecule has 2 rings (SSSR count). The Labute approximate surface area is 120 Å². The highest BCUT2D eigenvalue weighted by Gasteiger charge is 2.06. The number of nitrogens with zero attached hydrogens (tertiary/aromatic N) is 1. The molecule has 0 radical (unpaired) electrons. The summed E-state index contributed by atoms with van der Waals surface area (Å²) in [5, 5.41) is 10.5. The van der Waals surface area contributed by atoms with Crippen molar-refractivity contribution >= 4 is 12.0 Å². The van der Waals surface area contributed by atoms with Crippen molar-refractivity contribution in [2.75, 3.05) is 6.61 Å². The molecule has 0 N–H and O–H groups in total. The number of aldehydes is 1. The maximum absolute atomic E-state index is 13.0. The number of hydrogen-bond acceptors (Lipinski definition) is 4. The fraction of sp³-hybridized carbons (Fsp3) is 0.133. The second kappa shape index (κ2) is 6.60. The first-order valence-electron chi connectivity index (χ1n) is 6.21. The van der Waals surface area contributed by atoms with Crippen LogP contribution in [0, 0.1) is 15.9 Å². The molecule has 2 aromatic carbocycles. The van der Waals surface area contributed by atoms with Crippen molar-refractivity contribution in [1.82, 2.24) is 0 Å². The first-order valence-corrected chi connectivity index (χ1v) is 6.21. The number of non-ortho nitro benzene ring substituents is 1. The fourth-order valence-electron chi connectivity index (χ4n) is 1.81. The molecular formula is C15H12FNO4. The molecule has 0 saturated carbocycles. The van der Waals surface area contributed by atoms with Gasteiger partial charge in [0.1, 0.15) is 11.6 Å². The number of carbonyl (C=O) groups is 1. The van der Waals surface area contributed by atoms with E-state index in [-0.39, 0.29) is 17.9 Å². The third-order valence-corrected chi connectivity index (χ3v) is 2.89. The van der Waals surface area contributed by atoms with E-state index in [0.29, 0.717) is 18.5 Å². The number of nitro benzene ring substituents is 1. The zero-order valence-corrected chi connectivity index (χ0v) is 11.0. The SMILES string of the molecule is O=Cc1cc(F)ccc1OCCc1ccc([N+](=O)[O-])cc1. The van der Waals surface area contributed by atoms with Gasteiger partial charge in [0.05, 0.1) is 17.1 Å². The second-order valence-electron chi connectivity index (χ2n) is 4.32. The van der Waals surface area contributed by atoms with Crippen LogP contribution in [0.25, 0.3) is 0 Å². The van der Waals surface area contributed by atoms with E-state index in [1.807, 2.05) is 0 Å². The van der Waals surface area contributed by atoms with Gasteiger partial charge in [-0.15, -0.1) is 0 Å². The first kappa shape index (κ1) is 14.6. The lowest BCUT2D eigenvalue weighted by Gasteiger charge is -2.08. The van der Waals surface area contributed by atoms with Crippen molar-refractivity contribution in [3.8, 4) is 5.75 Å². The molecule has 0 saturated heterocycles. The Hall–Kier alpha value is -2.76. The van der Waals surface area contributed by atoms with Crippen LogP contribution in [0.4, 0.5) is 10.1 Å². The molecule has 5 nitrogen and oxygen atoms in total. The zero-order valence-electron chi connectivity index (χ0n) is 11.0. The van der Waals surface area contributed by atoms with Gasteiger partial charge in [0.2, 0.25) is 0 Å². The van der Waals surface area contributed by atoms with Crippen molar-refractivity contribution < 1.29 is 18.8 Å². The Kier molecular flexibility index (Phi) is 4.61. The molecule has 0 aliphatic carbocycles. The third kappa shape index (κ3) is 3.85. The van der Waals surface area contributed by atoms with Gasteiger partial charge in [0.25, 0.3) is 5.69 Å². The molecule has 0 aliphatic rings. The molecule has 0 aliphatic heterocycles. The van der Waals surface area contributed by atoms with Crippen LogP contribution in [0.2, 0.25) is 0 Å². The van der Waals surface area contributed by atoms with Gasteiger partial charge in [0.15, 0.2) is 6.29 Å². The Morgan fingerprint density at radius 2 is 1.90 bits per heavy atom. The summed E-state index contributed by atoms with van der Waals surface area (Å²) in [6, 6.07) is 9.85. The van der Waals surface area contributed by atoms with Crippen molar-refractivity contribution in [3.05, 3.63) is 69.5 Å². The molecule has 6 heteroatoms. The normalized spacial score (nSPS) is 10.1. The predicted molar refractivity (Wildman–Crippen MR) is 74.1 cm³/mol. The van der Waals surface area contributed by atoms with E-state index in [1.165, 1.54) is 24.3 Å². The zero-order chi connectivity index (χ0) is 15.2. The van der Waals surface area contributed by atoms with Crippen LogP contribution in [0.15, 0.2) is 42.5 Å². The summed E-state index contributed by atoms with van der Waals surface area (Å²) >= 11 is 0.